The molecule has 13 heavy (non-hydrogen) atoms. The zero-order valence-electron chi connectivity index (χ0n) is 7.00. The fraction of sp³-hybridized carbons (Fsp3) is 0.714. The molecule has 2 unspecified atom stereocenters. The molecule has 4 N–H and O–H groups in total. The van der Waals surface area contributed by atoms with Crippen molar-refractivity contribution >= 4 is 35.0 Å². The molecular formula is C7H12Cl2N2O2. The molecule has 76 valence electrons. The average molecular weight is 227 g/mol. The van der Waals surface area contributed by atoms with Crippen LogP contribution in [0.25, 0.3) is 0 Å². The maximum Gasteiger partial charge on any atom is 0.235 e. The van der Waals surface area contributed by atoms with Crippen LogP contribution in [0.3, 0.4) is 0 Å². The van der Waals surface area contributed by atoms with Crippen LogP contribution in [-0.4, -0.2) is 22.6 Å². The molecule has 0 aromatic heterocycles. The van der Waals surface area contributed by atoms with Crippen molar-refractivity contribution in [2.45, 2.75) is 30.0 Å². The summed E-state index contributed by atoms with van der Waals surface area (Å²) in [6.45, 7) is 0. The van der Waals surface area contributed by atoms with Gasteiger partial charge in [0.15, 0.2) is 0 Å². The van der Waals surface area contributed by atoms with Crippen LogP contribution in [0, 0.1) is 0 Å². The number of primary amides is 2. The van der Waals surface area contributed by atoms with Crippen molar-refractivity contribution in [3.05, 3.63) is 0 Å². The number of alkyl halides is 2. The van der Waals surface area contributed by atoms with Gasteiger partial charge in [0.2, 0.25) is 11.8 Å². The molecule has 0 bridgehead atoms. The predicted molar refractivity (Wildman–Crippen MR) is 51.5 cm³/mol. The monoisotopic (exact) mass is 226 g/mol. The highest BCUT2D eigenvalue weighted by Crippen LogP contribution is 2.11. The molecule has 4 nitrogen and oxygen atoms in total. The summed E-state index contributed by atoms with van der Waals surface area (Å²) in [5.74, 6) is -1.13. The lowest BCUT2D eigenvalue weighted by atomic mass is 10.1. The van der Waals surface area contributed by atoms with E-state index in [0.717, 1.165) is 0 Å². The van der Waals surface area contributed by atoms with E-state index in [2.05, 4.69) is 0 Å². The highest BCUT2D eigenvalue weighted by atomic mass is 35.5. The Morgan fingerprint density at radius 2 is 1.31 bits per heavy atom. The SMILES string of the molecule is NC(=O)C(Cl)CCCC(Cl)C(N)=O. The molecule has 0 radical (unpaired) electrons. The summed E-state index contributed by atoms with van der Waals surface area (Å²) in [6.07, 6.45) is 1.37. The minimum absolute atomic E-state index is 0.410. The largest absolute Gasteiger partial charge is 0.368 e. The van der Waals surface area contributed by atoms with Crippen molar-refractivity contribution in [3.8, 4) is 0 Å². The first-order chi connectivity index (χ1) is 5.95. The molecule has 2 atom stereocenters. The van der Waals surface area contributed by atoms with E-state index >= 15 is 0 Å². The first-order valence-corrected chi connectivity index (χ1v) is 4.69. The first-order valence-electron chi connectivity index (χ1n) is 3.82. The van der Waals surface area contributed by atoms with Crippen molar-refractivity contribution in [2.24, 2.45) is 11.5 Å². The summed E-state index contributed by atoms with van der Waals surface area (Å²) in [7, 11) is 0. The van der Waals surface area contributed by atoms with E-state index in [-0.39, 0.29) is 0 Å². The maximum atomic E-state index is 10.5. The summed E-state index contributed by atoms with van der Waals surface area (Å²) in [5, 5.41) is -1.39. The lowest BCUT2D eigenvalue weighted by Gasteiger charge is -2.06. The quantitative estimate of drug-likeness (QED) is 0.641. The van der Waals surface area contributed by atoms with Crippen LogP contribution >= 0.6 is 23.2 Å². The van der Waals surface area contributed by atoms with Crippen LogP contribution in [0.4, 0.5) is 0 Å². The van der Waals surface area contributed by atoms with Gasteiger partial charge in [-0.05, 0) is 19.3 Å². The van der Waals surface area contributed by atoms with Crippen molar-refractivity contribution < 1.29 is 9.59 Å². The molecule has 0 aliphatic heterocycles. The van der Waals surface area contributed by atoms with Crippen LogP contribution in [0.1, 0.15) is 19.3 Å². The summed E-state index contributed by atoms with van der Waals surface area (Å²) in [6, 6.07) is 0. The standard InChI is InChI=1S/C7H12Cl2N2O2/c8-4(6(10)12)2-1-3-5(9)7(11)13/h4-5H,1-3H2,(H2,10,12)(H2,11,13). The molecule has 0 heterocycles. The molecule has 6 heteroatoms. The highest BCUT2D eigenvalue weighted by Gasteiger charge is 2.14. The van der Waals surface area contributed by atoms with Gasteiger partial charge in [-0.25, -0.2) is 0 Å². The number of hydrogen-bond acceptors (Lipinski definition) is 2. The number of carbonyl (C=O) groups is 2. The second kappa shape index (κ2) is 6.05. The molecule has 2 amide bonds. The lowest BCUT2D eigenvalue weighted by Crippen LogP contribution is -2.25. The van der Waals surface area contributed by atoms with Gasteiger partial charge in [0.25, 0.3) is 0 Å². The molecule has 0 aromatic carbocycles. The van der Waals surface area contributed by atoms with Crippen molar-refractivity contribution in [1.29, 1.82) is 0 Å². The molecule has 0 saturated heterocycles. The van der Waals surface area contributed by atoms with Crippen molar-refractivity contribution in [2.75, 3.05) is 0 Å². The average Bonchev–Trinajstić information content (AvgIpc) is 2.03. The molecule has 0 spiro atoms. The number of nitrogens with two attached hydrogens (primary N) is 2. The number of hydrogen-bond donors (Lipinski definition) is 2. The Morgan fingerprint density at radius 1 is 1.00 bits per heavy atom. The van der Waals surface area contributed by atoms with E-state index < -0.39 is 22.6 Å². The van der Waals surface area contributed by atoms with Gasteiger partial charge < -0.3 is 11.5 Å². The van der Waals surface area contributed by atoms with Crippen molar-refractivity contribution in [3.63, 3.8) is 0 Å². The maximum absolute atomic E-state index is 10.5. The Kier molecular flexibility index (Phi) is 5.82. The van der Waals surface area contributed by atoms with Gasteiger partial charge in [-0.15, -0.1) is 23.2 Å². The second-order valence-electron chi connectivity index (χ2n) is 2.67. The Labute approximate surface area is 86.5 Å². The third-order valence-electron chi connectivity index (χ3n) is 1.53. The van der Waals surface area contributed by atoms with E-state index in [1.54, 1.807) is 0 Å². The third kappa shape index (κ3) is 5.71. The molecule has 0 aliphatic rings. The fourth-order valence-electron chi connectivity index (χ4n) is 0.761. The minimum atomic E-state index is -0.697. The number of rotatable bonds is 6. The molecule has 0 aromatic rings. The van der Waals surface area contributed by atoms with Crippen LogP contribution in [-0.2, 0) is 9.59 Å². The van der Waals surface area contributed by atoms with Crippen LogP contribution < -0.4 is 11.5 Å². The smallest absolute Gasteiger partial charge is 0.235 e. The number of halogens is 2. The Bertz CT molecular complexity index is 179. The summed E-state index contributed by atoms with van der Waals surface area (Å²) in [5.41, 5.74) is 9.83. The predicted octanol–water partition coefficient (Wildman–Crippen LogP) is 0.342. The highest BCUT2D eigenvalue weighted by molar-refractivity contribution is 6.31. The Hall–Kier alpha value is -0.480. The molecule has 0 rings (SSSR count). The van der Waals surface area contributed by atoms with E-state index in [1.807, 2.05) is 0 Å². The van der Waals surface area contributed by atoms with Gasteiger partial charge in [0, 0.05) is 0 Å². The van der Waals surface area contributed by atoms with Gasteiger partial charge >= 0.3 is 0 Å². The summed E-state index contributed by atoms with van der Waals surface area (Å²) >= 11 is 11.1. The van der Waals surface area contributed by atoms with Crippen LogP contribution in [0.15, 0.2) is 0 Å². The van der Waals surface area contributed by atoms with E-state index in [4.69, 9.17) is 34.7 Å². The molecule has 0 fully saturated rings. The summed E-state index contributed by atoms with van der Waals surface area (Å²) in [4.78, 5) is 20.9. The van der Waals surface area contributed by atoms with Gasteiger partial charge in [0.05, 0.1) is 0 Å². The van der Waals surface area contributed by atoms with E-state index in [1.165, 1.54) is 0 Å². The van der Waals surface area contributed by atoms with Gasteiger partial charge in [0.1, 0.15) is 10.8 Å². The Balaban J connectivity index is 3.56. The third-order valence-corrected chi connectivity index (χ3v) is 2.40. The zero-order valence-corrected chi connectivity index (χ0v) is 8.52. The molecular weight excluding hydrogens is 215 g/mol. The number of carbonyl (C=O) groups excluding carboxylic acids is 2. The van der Waals surface area contributed by atoms with Gasteiger partial charge in [-0.2, -0.15) is 0 Å². The lowest BCUT2D eigenvalue weighted by molar-refractivity contribution is -0.118. The normalized spacial score (nSPS) is 14.9. The van der Waals surface area contributed by atoms with Gasteiger partial charge in [-0.3, -0.25) is 9.59 Å². The first kappa shape index (κ1) is 12.5. The van der Waals surface area contributed by atoms with E-state index in [9.17, 15) is 9.59 Å². The zero-order chi connectivity index (χ0) is 10.4. The minimum Gasteiger partial charge on any atom is -0.368 e. The van der Waals surface area contributed by atoms with Crippen LogP contribution in [0.2, 0.25) is 0 Å². The fourth-order valence-corrected chi connectivity index (χ4v) is 1.07. The Morgan fingerprint density at radius 3 is 1.54 bits per heavy atom. The molecule has 0 aliphatic carbocycles. The van der Waals surface area contributed by atoms with Crippen molar-refractivity contribution in [1.82, 2.24) is 0 Å². The second-order valence-corrected chi connectivity index (χ2v) is 3.72. The van der Waals surface area contributed by atoms with E-state index in [0.29, 0.717) is 19.3 Å². The number of amides is 2. The topological polar surface area (TPSA) is 86.2 Å². The van der Waals surface area contributed by atoms with Gasteiger partial charge in [-0.1, -0.05) is 0 Å². The molecule has 0 saturated carbocycles. The summed E-state index contributed by atoms with van der Waals surface area (Å²) < 4.78 is 0. The van der Waals surface area contributed by atoms with Crippen LogP contribution in [0.5, 0.6) is 0 Å².